The third-order valence-electron chi connectivity index (χ3n) is 3.19. The maximum Gasteiger partial charge on any atom is 0.126 e. The molecule has 0 atom stereocenters. The molecule has 19 heavy (non-hydrogen) atoms. The lowest BCUT2D eigenvalue weighted by Crippen LogP contribution is -2.13. The van der Waals surface area contributed by atoms with Gasteiger partial charge < -0.3 is 5.32 Å². The second-order valence-electron chi connectivity index (χ2n) is 4.82. The first-order valence-electron chi connectivity index (χ1n) is 6.57. The zero-order chi connectivity index (χ0) is 13.8. The van der Waals surface area contributed by atoms with E-state index in [9.17, 15) is 4.39 Å². The van der Waals surface area contributed by atoms with Crippen LogP contribution >= 0.6 is 0 Å². The molecule has 0 spiro atoms. The molecule has 102 valence electrons. The lowest BCUT2D eigenvalue weighted by Gasteiger charge is -2.06. The Morgan fingerprint density at radius 3 is 2.79 bits per heavy atom. The first-order valence-corrected chi connectivity index (χ1v) is 6.57. The zero-order valence-electron chi connectivity index (χ0n) is 11.7. The Kier molecular flexibility index (Phi) is 4.32. The highest BCUT2D eigenvalue weighted by molar-refractivity contribution is 5.24. The van der Waals surface area contributed by atoms with Crippen molar-refractivity contribution in [2.24, 2.45) is 7.05 Å². The molecule has 3 nitrogen and oxygen atoms in total. The minimum Gasteiger partial charge on any atom is -0.308 e. The maximum atomic E-state index is 13.2. The Labute approximate surface area is 113 Å². The average molecular weight is 261 g/mol. The van der Waals surface area contributed by atoms with Gasteiger partial charge in [-0.05, 0) is 30.5 Å². The van der Waals surface area contributed by atoms with Gasteiger partial charge in [-0.15, -0.1) is 0 Å². The first-order chi connectivity index (χ1) is 9.10. The molecule has 1 heterocycles. The summed E-state index contributed by atoms with van der Waals surface area (Å²) in [7, 11) is 1.94. The van der Waals surface area contributed by atoms with Crippen LogP contribution in [0.2, 0.25) is 0 Å². The van der Waals surface area contributed by atoms with E-state index in [1.807, 2.05) is 30.1 Å². The van der Waals surface area contributed by atoms with Gasteiger partial charge in [0, 0.05) is 31.9 Å². The predicted octanol–water partition coefficient (Wildman–Crippen LogP) is 2.72. The molecule has 0 saturated carbocycles. The molecule has 0 radical (unpaired) electrons. The van der Waals surface area contributed by atoms with E-state index in [-0.39, 0.29) is 5.82 Å². The summed E-state index contributed by atoms with van der Waals surface area (Å²) in [5.41, 5.74) is 4.14. The minimum atomic E-state index is -0.149. The van der Waals surface area contributed by atoms with E-state index < -0.39 is 0 Å². The molecule has 2 aromatic rings. The Bertz CT molecular complexity index is 561. The van der Waals surface area contributed by atoms with Crippen LogP contribution in [0.3, 0.4) is 0 Å². The fourth-order valence-corrected chi connectivity index (χ4v) is 2.19. The lowest BCUT2D eigenvalue weighted by molar-refractivity contribution is 0.615. The largest absolute Gasteiger partial charge is 0.308 e. The smallest absolute Gasteiger partial charge is 0.126 e. The molecule has 0 amide bonds. The highest BCUT2D eigenvalue weighted by Gasteiger charge is 2.05. The van der Waals surface area contributed by atoms with E-state index in [4.69, 9.17) is 0 Å². The molecule has 4 heteroatoms. The van der Waals surface area contributed by atoms with Gasteiger partial charge in [-0.25, -0.2) is 4.39 Å². The highest BCUT2D eigenvalue weighted by atomic mass is 19.1. The summed E-state index contributed by atoms with van der Waals surface area (Å²) in [6.45, 7) is 5.41. The number of aromatic nitrogens is 2. The molecule has 0 aliphatic carbocycles. The first kappa shape index (κ1) is 13.7. The molecule has 0 saturated heterocycles. The Morgan fingerprint density at radius 1 is 1.32 bits per heavy atom. The van der Waals surface area contributed by atoms with Gasteiger partial charge in [0.1, 0.15) is 5.82 Å². The van der Waals surface area contributed by atoms with Crippen LogP contribution in [0.1, 0.15) is 29.3 Å². The molecule has 2 rings (SSSR count). The van der Waals surface area contributed by atoms with Crippen molar-refractivity contribution in [2.45, 2.75) is 33.4 Å². The standard InChI is InChI=1S/C15H20FN3/c1-4-15-13(10-19(3)18-15)9-17-8-12-5-6-14(16)11(2)7-12/h5-7,10,17H,4,8-9H2,1-3H3. The molecule has 1 aromatic carbocycles. The van der Waals surface area contributed by atoms with Crippen molar-refractivity contribution in [3.8, 4) is 0 Å². The molecular formula is C15H20FN3. The van der Waals surface area contributed by atoms with E-state index >= 15 is 0 Å². The van der Waals surface area contributed by atoms with Crippen molar-refractivity contribution in [1.29, 1.82) is 0 Å². The van der Waals surface area contributed by atoms with Crippen molar-refractivity contribution in [3.05, 3.63) is 52.6 Å². The van der Waals surface area contributed by atoms with Crippen LogP contribution in [-0.4, -0.2) is 9.78 Å². The van der Waals surface area contributed by atoms with E-state index in [1.165, 1.54) is 11.6 Å². The molecule has 0 unspecified atom stereocenters. The van der Waals surface area contributed by atoms with Crippen molar-refractivity contribution < 1.29 is 4.39 Å². The van der Waals surface area contributed by atoms with Gasteiger partial charge in [-0.3, -0.25) is 4.68 Å². The Hall–Kier alpha value is -1.68. The number of aryl methyl sites for hydroxylation is 3. The number of rotatable bonds is 5. The number of benzene rings is 1. The molecule has 0 aliphatic rings. The highest BCUT2D eigenvalue weighted by Crippen LogP contribution is 2.10. The summed E-state index contributed by atoms with van der Waals surface area (Å²) >= 11 is 0. The van der Waals surface area contributed by atoms with Gasteiger partial charge in [0.15, 0.2) is 0 Å². The van der Waals surface area contributed by atoms with Gasteiger partial charge in [0.25, 0.3) is 0 Å². The number of hydrogen-bond acceptors (Lipinski definition) is 2. The topological polar surface area (TPSA) is 29.9 Å². The number of halogens is 1. The van der Waals surface area contributed by atoms with E-state index in [0.29, 0.717) is 5.56 Å². The van der Waals surface area contributed by atoms with Crippen molar-refractivity contribution in [2.75, 3.05) is 0 Å². The Morgan fingerprint density at radius 2 is 2.11 bits per heavy atom. The molecule has 0 fully saturated rings. The van der Waals surface area contributed by atoms with Crippen molar-refractivity contribution >= 4 is 0 Å². The second kappa shape index (κ2) is 5.97. The zero-order valence-corrected chi connectivity index (χ0v) is 11.7. The van der Waals surface area contributed by atoms with Crippen LogP contribution in [0.15, 0.2) is 24.4 Å². The summed E-state index contributed by atoms with van der Waals surface area (Å²) in [5.74, 6) is -0.149. The van der Waals surface area contributed by atoms with Crippen molar-refractivity contribution in [1.82, 2.24) is 15.1 Å². The third kappa shape index (κ3) is 3.41. The van der Waals surface area contributed by atoms with Crippen LogP contribution in [0.25, 0.3) is 0 Å². The molecule has 0 bridgehead atoms. The summed E-state index contributed by atoms with van der Waals surface area (Å²) in [4.78, 5) is 0. The van der Waals surface area contributed by atoms with Gasteiger partial charge >= 0.3 is 0 Å². The number of nitrogens with zero attached hydrogens (tertiary/aromatic N) is 2. The van der Waals surface area contributed by atoms with Gasteiger partial charge in [0.05, 0.1) is 5.69 Å². The fourth-order valence-electron chi connectivity index (χ4n) is 2.19. The van der Waals surface area contributed by atoms with E-state index in [1.54, 1.807) is 6.92 Å². The molecular weight excluding hydrogens is 241 g/mol. The Balaban J connectivity index is 1.94. The van der Waals surface area contributed by atoms with Crippen LogP contribution in [0.4, 0.5) is 4.39 Å². The monoisotopic (exact) mass is 261 g/mol. The van der Waals surface area contributed by atoms with Crippen LogP contribution in [0, 0.1) is 12.7 Å². The van der Waals surface area contributed by atoms with Crippen molar-refractivity contribution in [3.63, 3.8) is 0 Å². The maximum absolute atomic E-state index is 13.2. The van der Waals surface area contributed by atoms with Gasteiger partial charge in [-0.1, -0.05) is 19.1 Å². The van der Waals surface area contributed by atoms with Gasteiger partial charge in [0.2, 0.25) is 0 Å². The summed E-state index contributed by atoms with van der Waals surface area (Å²) in [6, 6.07) is 5.22. The van der Waals surface area contributed by atoms with Crippen LogP contribution in [0.5, 0.6) is 0 Å². The van der Waals surface area contributed by atoms with Gasteiger partial charge in [-0.2, -0.15) is 5.10 Å². The van der Waals surface area contributed by atoms with Crippen LogP contribution < -0.4 is 5.32 Å². The SMILES string of the molecule is CCc1nn(C)cc1CNCc1ccc(F)c(C)c1. The molecule has 1 N–H and O–H groups in total. The summed E-state index contributed by atoms with van der Waals surface area (Å²) in [6.07, 6.45) is 2.98. The number of hydrogen-bond donors (Lipinski definition) is 1. The van der Waals surface area contributed by atoms with Crippen LogP contribution in [-0.2, 0) is 26.6 Å². The summed E-state index contributed by atoms with van der Waals surface area (Å²) < 4.78 is 15.0. The third-order valence-corrected chi connectivity index (χ3v) is 3.19. The summed E-state index contributed by atoms with van der Waals surface area (Å²) in [5, 5.41) is 7.78. The quantitative estimate of drug-likeness (QED) is 0.897. The predicted molar refractivity (Wildman–Crippen MR) is 74.3 cm³/mol. The minimum absolute atomic E-state index is 0.149. The van der Waals surface area contributed by atoms with E-state index in [0.717, 1.165) is 30.8 Å². The fraction of sp³-hybridized carbons (Fsp3) is 0.400. The van der Waals surface area contributed by atoms with E-state index in [2.05, 4.69) is 17.3 Å². The average Bonchev–Trinajstić information content (AvgIpc) is 2.74. The number of nitrogens with one attached hydrogen (secondary N) is 1. The molecule has 1 aromatic heterocycles. The normalized spacial score (nSPS) is 10.9. The lowest BCUT2D eigenvalue weighted by atomic mass is 10.1. The molecule has 0 aliphatic heterocycles. The second-order valence-corrected chi connectivity index (χ2v) is 4.82.